The lowest BCUT2D eigenvalue weighted by molar-refractivity contribution is -0.0203. The molecule has 1 aliphatic heterocycles. The monoisotopic (exact) mass is 261 g/mol. The topological polar surface area (TPSA) is 23.5 Å². The minimum atomic E-state index is 0.139. The molecule has 0 spiro atoms. The zero-order valence-corrected chi connectivity index (χ0v) is 12.4. The first kappa shape index (κ1) is 14.5. The highest BCUT2D eigenvalue weighted by Crippen LogP contribution is 2.40. The molecule has 1 aliphatic rings. The van der Waals surface area contributed by atoms with E-state index >= 15 is 0 Å². The molecule has 1 saturated heterocycles. The molecule has 0 aromatic heterocycles. The third-order valence-electron chi connectivity index (χ3n) is 4.29. The molecule has 1 aromatic carbocycles. The Morgan fingerprint density at radius 3 is 2.00 bits per heavy atom. The molecule has 0 aliphatic carbocycles. The van der Waals surface area contributed by atoms with Gasteiger partial charge in [0.05, 0.1) is 6.61 Å². The zero-order chi connectivity index (χ0) is 13.7. The van der Waals surface area contributed by atoms with Gasteiger partial charge in [-0.15, -0.1) is 0 Å². The van der Waals surface area contributed by atoms with E-state index in [2.05, 4.69) is 30.9 Å². The molecular formula is C17H27NO. The highest BCUT2D eigenvalue weighted by Gasteiger charge is 2.40. The Morgan fingerprint density at radius 2 is 1.53 bits per heavy atom. The summed E-state index contributed by atoms with van der Waals surface area (Å²) in [6.07, 6.45) is 5.36. The second kappa shape index (κ2) is 6.53. The normalized spacial score (nSPS) is 18.3. The quantitative estimate of drug-likeness (QED) is 0.811. The van der Waals surface area contributed by atoms with Crippen LogP contribution in [0.1, 0.15) is 50.7 Å². The van der Waals surface area contributed by atoms with E-state index in [1.807, 2.05) is 12.1 Å². The third kappa shape index (κ3) is 3.58. The van der Waals surface area contributed by atoms with Crippen molar-refractivity contribution in [3.05, 3.63) is 35.4 Å². The highest BCUT2D eigenvalue weighted by atomic mass is 16.3. The number of hydrogen-bond donors (Lipinski definition) is 1. The Hall–Kier alpha value is -0.860. The van der Waals surface area contributed by atoms with E-state index < -0.39 is 0 Å². The number of benzene rings is 1. The number of rotatable bonds is 7. The molecule has 1 heterocycles. The van der Waals surface area contributed by atoms with E-state index in [1.165, 1.54) is 44.3 Å². The summed E-state index contributed by atoms with van der Waals surface area (Å²) in [5.74, 6) is 0. The van der Waals surface area contributed by atoms with Gasteiger partial charge >= 0.3 is 0 Å². The van der Waals surface area contributed by atoms with Crippen molar-refractivity contribution < 1.29 is 5.11 Å². The number of aliphatic hydroxyl groups excluding tert-OH is 1. The molecule has 0 radical (unpaired) electrons. The van der Waals surface area contributed by atoms with Crippen LogP contribution in [0.4, 0.5) is 0 Å². The van der Waals surface area contributed by atoms with Crippen LogP contribution in [-0.4, -0.2) is 23.1 Å². The second-order valence-corrected chi connectivity index (χ2v) is 6.12. The maximum Gasteiger partial charge on any atom is 0.0681 e. The van der Waals surface area contributed by atoms with Crippen molar-refractivity contribution in [3.63, 3.8) is 0 Å². The fourth-order valence-corrected chi connectivity index (χ4v) is 3.52. The van der Waals surface area contributed by atoms with Gasteiger partial charge < -0.3 is 5.11 Å². The van der Waals surface area contributed by atoms with Crippen molar-refractivity contribution in [2.45, 2.75) is 52.7 Å². The van der Waals surface area contributed by atoms with Crippen molar-refractivity contribution in [2.24, 2.45) is 5.41 Å². The van der Waals surface area contributed by atoms with E-state index in [1.54, 1.807) is 0 Å². The molecule has 1 fully saturated rings. The number of hydrogen-bond acceptors (Lipinski definition) is 2. The fourth-order valence-electron chi connectivity index (χ4n) is 3.52. The third-order valence-corrected chi connectivity index (χ3v) is 4.29. The van der Waals surface area contributed by atoms with Gasteiger partial charge in [-0.3, -0.25) is 4.90 Å². The van der Waals surface area contributed by atoms with Gasteiger partial charge in [-0.25, -0.2) is 0 Å². The van der Waals surface area contributed by atoms with E-state index in [-0.39, 0.29) is 6.61 Å². The van der Waals surface area contributed by atoms with Crippen LogP contribution >= 0.6 is 0 Å². The van der Waals surface area contributed by atoms with Crippen LogP contribution < -0.4 is 0 Å². The first-order chi connectivity index (χ1) is 9.21. The van der Waals surface area contributed by atoms with Gasteiger partial charge in [0.15, 0.2) is 0 Å². The maximum absolute atomic E-state index is 9.04. The zero-order valence-electron chi connectivity index (χ0n) is 12.4. The molecule has 0 unspecified atom stereocenters. The van der Waals surface area contributed by atoms with Crippen LogP contribution in [0, 0.1) is 5.41 Å². The van der Waals surface area contributed by atoms with Crippen LogP contribution in [-0.2, 0) is 13.2 Å². The number of aliphatic hydroxyl groups is 1. The van der Waals surface area contributed by atoms with Gasteiger partial charge in [0.1, 0.15) is 0 Å². The Morgan fingerprint density at radius 1 is 1.00 bits per heavy atom. The molecule has 19 heavy (non-hydrogen) atoms. The molecule has 2 nitrogen and oxygen atoms in total. The summed E-state index contributed by atoms with van der Waals surface area (Å²) in [4.78, 5) is 2.55. The SMILES string of the molecule is CCCC1(CCC)CN(Cc2ccc(CO)cc2)C1. The lowest BCUT2D eigenvalue weighted by Gasteiger charge is -2.51. The molecule has 0 bridgehead atoms. The van der Waals surface area contributed by atoms with Crippen molar-refractivity contribution in [1.29, 1.82) is 0 Å². The number of likely N-dealkylation sites (tertiary alicyclic amines) is 1. The summed E-state index contributed by atoms with van der Waals surface area (Å²) >= 11 is 0. The van der Waals surface area contributed by atoms with Gasteiger partial charge in [0, 0.05) is 19.6 Å². The average Bonchev–Trinajstić information content (AvgIpc) is 2.38. The van der Waals surface area contributed by atoms with Crippen LogP contribution in [0.5, 0.6) is 0 Å². The van der Waals surface area contributed by atoms with E-state index in [0.717, 1.165) is 12.1 Å². The summed E-state index contributed by atoms with van der Waals surface area (Å²) < 4.78 is 0. The summed E-state index contributed by atoms with van der Waals surface area (Å²) in [5.41, 5.74) is 2.96. The lowest BCUT2D eigenvalue weighted by atomic mass is 9.72. The molecule has 2 heteroatoms. The summed E-state index contributed by atoms with van der Waals surface area (Å²) in [6.45, 7) is 8.31. The van der Waals surface area contributed by atoms with Crippen molar-refractivity contribution in [1.82, 2.24) is 4.90 Å². The first-order valence-electron chi connectivity index (χ1n) is 7.62. The van der Waals surface area contributed by atoms with Gasteiger partial charge in [-0.2, -0.15) is 0 Å². The van der Waals surface area contributed by atoms with E-state index in [9.17, 15) is 0 Å². The Labute approximate surface area is 117 Å². The van der Waals surface area contributed by atoms with Crippen molar-refractivity contribution in [3.8, 4) is 0 Å². The maximum atomic E-state index is 9.04. The standard InChI is InChI=1S/C17H27NO/c1-3-9-17(10-4-2)13-18(14-17)11-15-5-7-16(12-19)8-6-15/h5-8,19H,3-4,9-14H2,1-2H3. The van der Waals surface area contributed by atoms with E-state index in [0.29, 0.717) is 5.41 Å². The largest absolute Gasteiger partial charge is 0.392 e. The molecule has 0 atom stereocenters. The van der Waals surface area contributed by atoms with Crippen LogP contribution in [0.2, 0.25) is 0 Å². The fraction of sp³-hybridized carbons (Fsp3) is 0.647. The van der Waals surface area contributed by atoms with Gasteiger partial charge in [0.25, 0.3) is 0 Å². The second-order valence-electron chi connectivity index (χ2n) is 6.12. The summed E-state index contributed by atoms with van der Waals surface area (Å²) in [5, 5.41) is 9.04. The van der Waals surface area contributed by atoms with Crippen molar-refractivity contribution in [2.75, 3.05) is 13.1 Å². The minimum Gasteiger partial charge on any atom is -0.392 e. The molecular weight excluding hydrogens is 234 g/mol. The smallest absolute Gasteiger partial charge is 0.0681 e. The Kier molecular flexibility index (Phi) is 5.00. The molecule has 106 valence electrons. The van der Waals surface area contributed by atoms with Crippen molar-refractivity contribution >= 4 is 0 Å². The van der Waals surface area contributed by atoms with Gasteiger partial charge in [-0.05, 0) is 29.4 Å². The molecule has 1 N–H and O–H groups in total. The number of nitrogens with zero attached hydrogens (tertiary/aromatic N) is 1. The van der Waals surface area contributed by atoms with Gasteiger partial charge in [0.2, 0.25) is 0 Å². The van der Waals surface area contributed by atoms with E-state index in [4.69, 9.17) is 5.11 Å². The summed E-state index contributed by atoms with van der Waals surface area (Å²) in [7, 11) is 0. The average molecular weight is 261 g/mol. The van der Waals surface area contributed by atoms with Crippen LogP contribution in [0.3, 0.4) is 0 Å². The summed E-state index contributed by atoms with van der Waals surface area (Å²) in [6, 6.07) is 8.34. The molecule has 0 saturated carbocycles. The predicted octanol–water partition coefficient (Wildman–Crippen LogP) is 3.58. The Bertz CT molecular complexity index is 371. The lowest BCUT2D eigenvalue weighted by Crippen LogP contribution is -2.55. The Balaban J connectivity index is 1.85. The van der Waals surface area contributed by atoms with Crippen LogP contribution in [0.25, 0.3) is 0 Å². The predicted molar refractivity (Wildman–Crippen MR) is 79.9 cm³/mol. The highest BCUT2D eigenvalue weighted by molar-refractivity contribution is 5.22. The first-order valence-corrected chi connectivity index (χ1v) is 7.62. The van der Waals surface area contributed by atoms with Crippen LogP contribution in [0.15, 0.2) is 24.3 Å². The molecule has 1 aromatic rings. The molecule has 0 amide bonds. The minimum absolute atomic E-state index is 0.139. The van der Waals surface area contributed by atoms with Gasteiger partial charge in [-0.1, -0.05) is 51.0 Å². The molecule has 2 rings (SSSR count).